The molecule has 1 aromatic carbocycles. The molecule has 0 saturated carbocycles. The van der Waals surface area contributed by atoms with Crippen LogP contribution in [0.4, 0.5) is 5.69 Å². The maximum atomic E-state index is 11.3. The molecular formula is C12H16N4O4. The Kier molecular flexibility index (Phi) is 5.79. The van der Waals surface area contributed by atoms with E-state index in [0.717, 1.165) is 0 Å². The number of ether oxygens (including phenoxy) is 1. The minimum atomic E-state index is -1.23. The Morgan fingerprint density at radius 3 is 2.80 bits per heavy atom. The van der Waals surface area contributed by atoms with Crippen molar-refractivity contribution in [2.75, 3.05) is 19.4 Å². The van der Waals surface area contributed by atoms with E-state index >= 15 is 0 Å². The monoisotopic (exact) mass is 280 g/mol. The highest BCUT2D eigenvalue weighted by Gasteiger charge is 2.21. The number of azide groups is 1. The van der Waals surface area contributed by atoms with E-state index in [4.69, 9.17) is 11.3 Å². The number of hydrogen-bond acceptors (Lipinski definition) is 6. The summed E-state index contributed by atoms with van der Waals surface area (Å²) in [4.78, 5) is 13.9. The second kappa shape index (κ2) is 7.34. The van der Waals surface area contributed by atoms with Crippen LogP contribution in [0.2, 0.25) is 0 Å². The number of nitrogen functional groups attached to an aromatic ring is 1. The second-order valence-corrected chi connectivity index (χ2v) is 4.09. The first-order valence-corrected chi connectivity index (χ1v) is 5.86. The summed E-state index contributed by atoms with van der Waals surface area (Å²) in [7, 11) is 1.25. The lowest BCUT2D eigenvalue weighted by molar-refractivity contribution is 0.0154. The Hall–Kier alpha value is -2.28. The summed E-state index contributed by atoms with van der Waals surface area (Å²) in [6, 6.07) is 4.26. The Labute approximate surface area is 115 Å². The van der Waals surface area contributed by atoms with Gasteiger partial charge in [-0.25, -0.2) is 4.79 Å². The molecule has 0 aromatic heterocycles. The summed E-state index contributed by atoms with van der Waals surface area (Å²) >= 11 is 0. The number of hydrogen-bond donors (Lipinski definition) is 3. The van der Waals surface area contributed by atoms with Gasteiger partial charge in [-0.2, -0.15) is 0 Å². The molecule has 108 valence electrons. The summed E-state index contributed by atoms with van der Waals surface area (Å²) in [5.41, 5.74) is 14.6. The molecule has 8 heteroatoms. The maximum absolute atomic E-state index is 11.3. The highest BCUT2D eigenvalue weighted by atomic mass is 16.5. The van der Waals surface area contributed by atoms with Crippen molar-refractivity contribution in [2.45, 2.75) is 18.6 Å². The van der Waals surface area contributed by atoms with Gasteiger partial charge in [0, 0.05) is 22.7 Å². The zero-order valence-electron chi connectivity index (χ0n) is 10.9. The van der Waals surface area contributed by atoms with Gasteiger partial charge >= 0.3 is 5.97 Å². The Bertz CT molecular complexity index is 528. The van der Waals surface area contributed by atoms with Gasteiger partial charge in [-0.1, -0.05) is 11.2 Å². The normalized spacial score (nSPS) is 13.2. The highest BCUT2D eigenvalue weighted by molar-refractivity contribution is 5.90. The third kappa shape index (κ3) is 3.86. The molecule has 0 radical (unpaired) electrons. The summed E-state index contributed by atoms with van der Waals surface area (Å²) in [6.07, 6.45) is -2.24. The zero-order valence-corrected chi connectivity index (χ0v) is 10.9. The van der Waals surface area contributed by atoms with Crippen molar-refractivity contribution < 1.29 is 19.7 Å². The van der Waals surface area contributed by atoms with E-state index < -0.39 is 18.2 Å². The fourth-order valence-corrected chi connectivity index (χ4v) is 1.69. The fourth-order valence-electron chi connectivity index (χ4n) is 1.69. The van der Waals surface area contributed by atoms with E-state index in [1.807, 2.05) is 0 Å². The summed E-state index contributed by atoms with van der Waals surface area (Å²) in [6.45, 7) is 0.0644. The van der Waals surface area contributed by atoms with Crippen LogP contribution in [0.1, 0.15) is 28.4 Å². The number of carbonyl (C=O) groups is 1. The number of benzene rings is 1. The van der Waals surface area contributed by atoms with Crippen LogP contribution in [0.3, 0.4) is 0 Å². The van der Waals surface area contributed by atoms with E-state index in [1.165, 1.54) is 25.3 Å². The molecule has 2 unspecified atom stereocenters. The van der Waals surface area contributed by atoms with E-state index in [-0.39, 0.29) is 24.2 Å². The molecule has 0 saturated heterocycles. The van der Waals surface area contributed by atoms with Gasteiger partial charge in [-0.3, -0.25) is 0 Å². The van der Waals surface area contributed by atoms with Gasteiger partial charge in [-0.05, 0) is 24.1 Å². The average Bonchev–Trinajstić information content (AvgIpc) is 2.45. The second-order valence-electron chi connectivity index (χ2n) is 4.09. The molecule has 8 nitrogen and oxygen atoms in total. The van der Waals surface area contributed by atoms with Crippen LogP contribution in [0, 0.1) is 0 Å². The van der Waals surface area contributed by atoms with Crippen molar-refractivity contribution >= 4 is 11.7 Å². The molecular weight excluding hydrogens is 264 g/mol. The summed E-state index contributed by atoms with van der Waals surface area (Å²) in [5.74, 6) is -0.540. The van der Waals surface area contributed by atoms with E-state index in [0.29, 0.717) is 5.56 Å². The van der Waals surface area contributed by atoms with Crippen LogP contribution in [-0.2, 0) is 4.74 Å². The Balaban J connectivity index is 2.85. The predicted molar refractivity (Wildman–Crippen MR) is 71.8 cm³/mol. The van der Waals surface area contributed by atoms with Crippen molar-refractivity contribution in [3.8, 4) is 0 Å². The van der Waals surface area contributed by atoms with Crippen LogP contribution in [0.5, 0.6) is 0 Å². The number of anilines is 1. The number of aliphatic hydroxyl groups excluding tert-OH is 2. The van der Waals surface area contributed by atoms with Gasteiger partial charge in [0.1, 0.15) is 6.10 Å². The van der Waals surface area contributed by atoms with Crippen molar-refractivity contribution in [3.05, 3.63) is 39.8 Å². The summed E-state index contributed by atoms with van der Waals surface area (Å²) in [5, 5.41) is 23.0. The molecule has 2 atom stereocenters. The molecule has 0 fully saturated rings. The van der Waals surface area contributed by atoms with Crippen LogP contribution in [-0.4, -0.2) is 35.9 Å². The quantitative estimate of drug-likeness (QED) is 0.235. The Morgan fingerprint density at radius 1 is 1.55 bits per heavy atom. The smallest absolute Gasteiger partial charge is 0.337 e. The predicted octanol–water partition coefficient (Wildman–Crippen LogP) is 1.15. The molecule has 0 aliphatic heterocycles. The number of esters is 1. The number of nitrogens with two attached hydrogens (primary N) is 1. The molecule has 1 aromatic rings. The molecule has 4 N–H and O–H groups in total. The first-order valence-electron chi connectivity index (χ1n) is 5.86. The molecule has 0 spiro atoms. The first-order chi connectivity index (χ1) is 9.51. The number of aliphatic hydroxyl groups is 2. The van der Waals surface area contributed by atoms with Gasteiger partial charge in [0.2, 0.25) is 0 Å². The lowest BCUT2D eigenvalue weighted by Gasteiger charge is -2.19. The van der Waals surface area contributed by atoms with E-state index in [9.17, 15) is 15.0 Å². The topological polar surface area (TPSA) is 142 Å². The number of carbonyl (C=O) groups excluding carboxylic acids is 1. The van der Waals surface area contributed by atoms with Crippen LogP contribution < -0.4 is 5.73 Å². The average molecular weight is 280 g/mol. The molecule has 0 heterocycles. The molecule has 1 rings (SSSR count). The molecule has 0 aliphatic carbocycles. The van der Waals surface area contributed by atoms with Crippen LogP contribution in [0.25, 0.3) is 10.4 Å². The minimum Gasteiger partial charge on any atom is -0.465 e. The minimum absolute atomic E-state index is 0.0644. The van der Waals surface area contributed by atoms with Gasteiger partial charge in [0.15, 0.2) is 0 Å². The fraction of sp³-hybridized carbons (Fsp3) is 0.417. The third-order valence-corrected chi connectivity index (χ3v) is 2.78. The number of nitrogens with zero attached hydrogens (tertiary/aromatic N) is 3. The van der Waals surface area contributed by atoms with Crippen molar-refractivity contribution in [3.63, 3.8) is 0 Å². The number of rotatable bonds is 6. The van der Waals surface area contributed by atoms with Crippen molar-refractivity contribution in [1.82, 2.24) is 0 Å². The zero-order chi connectivity index (χ0) is 15.1. The van der Waals surface area contributed by atoms with Gasteiger partial charge < -0.3 is 20.7 Å². The first kappa shape index (κ1) is 15.8. The van der Waals surface area contributed by atoms with Gasteiger partial charge in [0.25, 0.3) is 0 Å². The van der Waals surface area contributed by atoms with E-state index in [2.05, 4.69) is 14.8 Å². The maximum Gasteiger partial charge on any atom is 0.337 e. The number of methoxy groups -OCH3 is 1. The van der Waals surface area contributed by atoms with Crippen molar-refractivity contribution in [2.24, 2.45) is 5.11 Å². The summed E-state index contributed by atoms with van der Waals surface area (Å²) < 4.78 is 4.55. The third-order valence-electron chi connectivity index (χ3n) is 2.78. The standard InChI is InChI=1S/C12H16N4O4/c1-20-12(19)7-2-3-8(9(13)6-7)11(18)10(17)4-5-15-16-14/h2-3,6,10-11,17-18H,4-5,13H2,1H3. The highest BCUT2D eigenvalue weighted by Crippen LogP contribution is 2.26. The van der Waals surface area contributed by atoms with E-state index in [1.54, 1.807) is 0 Å². The SMILES string of the molecule is COC(=O)c1ccc(C(O)C(O)CCN=[N+]=[N-])c(N)c1. The molecule has 0 aliphatic rings. The lowest BCUT2D eigenvalue weighted by atomic mass is 9.99. The van der Waals surface area contributed by atoms with Crippen molar-refractivity contribution in [1.29, 1.82) is 0 Å². The molecule has 20 heavy (non-hydrogen) atoms. The van der Waals surface area contributed by atoms with Crippen LogP contribution >= 0.6 is 0 Å². The largest absolute Gasteiger partial charge is 0.465 e. The molecule has 0 bridgehead atoms. The molecule has 0 amide bonds. The van der Waals surface area contributed by atoms with Gasteiger partial charge in [-0.15, -0.1) is 0 Å². The lowest BCUT2D eigenvalue weighted by Crippen LogP contribution is -2.20. The Morgan fingerprint density at radius 2 is 2.25 bits per heavy atom. The van der Waals surface area contributed by atoms with Gasteiger partial charge in [0.05, 0.1) is 18.8 Å². The van der Waals surface area contributed by atoms with Crippen LogP contribution in [0.15, 0.2) is 23.3 Å².